The lowest BCUT2D eigenvalue weighted by atomic mass is 10.1. The number of aromatic nitrogens is 3. The van der Waals surface area contributed by atoms with Gasteiger partial charge in [-0.3, -0.25) is 0 Å². The number of hydrogen-bond acceptors (Lipinski definition) is 4. The summed E-state index contributed by atoms with van der Waals surface area (Å²) in [7, 11) is 2.16. The van der Waals surface area contributed by atoms with E-state index in [4.69, 9.17) is 0 Å². The smallest absolute Gasteiger partial charge is 0.151 e. The van der Waals surface area contributed by atoms with Crippen LogP contribution in [0.4, 0.5) is 5.82 Å². The molecule has 1 N–H and O–H groups in total. The number of aryl methyl sites for hydroxylation is 1. The summed E-state index contributed by atoms with van der Waals surface area (Å²) in [6, 6.07) is 10.5. The quantitative estimate of drug-likeness (QED) is 0.791. The molecule has 0 saturated carbocycles. The summed E-state index contributed by atoms with van der Waals surface area (Å²) in [4.78, 5) is 8.00. The first-order valence-electron chi connectivity index (χ1n) is 8.06. The van der Waals surface area contributed by atoms with Gasteiger partial charge in [0.1, 0.15) is 0 Å². The van der Waals surface area contributed by atoms with E-state index >= 15 is 0 Å². The van der Waals surface area contributed by atoms with Crippen molar-refractivity contribution in [2.75, 3.05) is 38.1 Å². The lowest BCUT2D eigenvalue weighted by molar-refractivity contribution is 0.312. The second kappa shape index (κ2) is 5.66. The third kappa shape index (κ3) is 2.57. The van der Waals surface area contributed by atoms with Crippen molar-refractivity contribution in [2.45, 2.75) is 6.92 Å². The lowest BCUT2D eigenvalue weighted by Gasteiger charge is -2.32. The molecule has 1 aliphatic rings. The normalized spacial score (nSPS) is 16.2. The average Bonchev–Trinajstić information content (AvgIpc) is 3.01. The molecule has 0 unspecified atom stereocenters. The maximum absolute atomic E-state index is 4.47. The van der Waals surface area contributed by atoms with Crippen LogP contribution in [0.15, 0.2) is 36.5 Å². The van der Waals surface area contributed by atoms with Gasteiger partial charge in [-0.25, -0.2) is 0 Å². The topological polar surface area (TPSA) is 48.1 Å². The SMILES string of the molecule is Cc1cccc2c(-c3ccc(N4CCN(C)CC4)nn3)c[nH]c12. The molecule has 1 aliphatic heterocycles. The molecule has 0 aliphatic carbocycles. The molecule has 1 saturated heterocycles. The Balaban J connectivity index is 1.64. The molecule has 5 nitrogen and oxygen atoms in total. The minimum atomic E-state index is 0.916. The van der Waals surface area contributed by atoms with Gasteiger partial charge in [-0.1, -0.05) is 18.2 Å². The second-order valence-electron chi connectivity index (χ2n) is 6.27. The number of aromatic amines is 1. The third-order valence-corrected chi connectivity index (χ3v) is 4.68. The van der Waals surface area contributed by atoms with E-state index in [0.29, 0.717) is 0 Å². The average molecular weight is 307 g/mol. The summed E-state index contributed by atoms with van der Waals surface area (Å²) in [5.74, 6) is 0.970. The van der Waals surface area contributed by atoms with E-state index in [1.807, 2.05) is 6.20 Å². The standard InChI is InChI=1S/C18H21N5/c1-13-4-3-5-14-15(12-19-18(13)14)16-6-7-17(21-20-16)23-10-8-22(2)9-11-23/h3-7,12,19H,8-11H2,1-2H3. The lowest BCUT2D eigenvalue weighted by Crippen LogP contribution is -2.44. The maximum atomic E-state index is 4.47. The van der Waals surface area contributed by atoms with Crippen LogP contribution < -0.4 is 4.90 Å². The van der Waals surface area contributed by atoms with Crippen LogP contribution in [-0.2, 0) is 0 Å². The van der Waals surface area contributed by atoms with E-state index in [1.165, 1.54) is 16.5 Å². The maximum Gasteiger partial charge on any atom is 0.151 e. The number of hydrogen-bond donors (Lipinski definition) is 1. The van der Waals surface area contributed by atoms with Crippen LogP contribution in [0.1, 0.15) is 5.56 Å². The van der Waals surface area contributed by atoms with Crippen molar-refractivity contribution in [3.8, 4) is 11.3 Å². The van der Waals surface area contributed by atoms with Gasteiger partial charge in [0.15, 0.2) is 5.82 Å². The molecular formula is C18H21N5. The van der Waals surface area contributed by atoms with Gasteiger partial charge in [-0.2, -0.15) is 0 Å². The first kappa shape index (κ1) is 14.2. The van der Waals surface area contributed by atoms with E-state index in [1.54, 1.807) is 0 Å². The van der Waals surface area contributed by atoms with Crippen molar-refractivity contribution in [3.63, 3.8) is 0 Å². The fraction of sp³-hybridized carbons (Fsp3) is 0.333. The molecule has 0 spiro atoms. The molecule has 4 rings (SSSR count). The monoisotopic (exact) mass is 307 g/mol. The zero-order chi connectivity index (χ0) is 15.8. The van der Waals surface area contributed by atoms with Crippen molar-refractivity contribution in [3.05, 3.63) is 42.1 Å². The van der Waals surface area contributed by atoms with E-state index in [2.05, 4.69) is 69.3 Å². The van der Waals surface area contributed by atoms with Crippen LogP contribution in [0, 0.1) is 6.92 Å². The van der Waals surface area contributed by atoms with Crippen LogP contribution in [0.3, 0.4) is 0 Å². The number of nitrogens with one attached hydrogen (secondary N) is 1. The first-order chi connectivity index (χ1) is 11.2. The fourth-order valence-electron chi connectivity index (χ4n) is 3.19. The molecule has 0 atom stereocenters. The van der Waals surface area contributed by atoms with E-state index < -0.39 is 0 Å². The van der Waals surface area contributed by atoms with Crippen LogP contribution >= 0.6 is 0 Å². The zero-order valence-corrected chi connectivity index (χ0v) is 13.6. The van der Waals surface area contributed by atoms with E-state index in [9.17, 15) is 0 Å². The van der Waals surface area contributed by atoms with Crippen LogP contribution in [0.5, 0.6) is 0 Å². The molecule has 1 aromatic carbocycles. The number of nitrogens with zero attached hydrogens (tertiary/aromatic N) is 4. The van der Waals surface area contributed by atoms with Gasteiger partial charge in [0.05, 0.1) is 5.69 Å². The molecule has 118 valence electrons. The minimum absolute atomic E-state index is 0.916. The minimum Gasteiger partial charge on any atom is -0.360 e. The second-order valence-corrected chi connectivity index (χ2v) is 6.27. The molecule has 0 amide bonds. The van der Waals surface area contributed by atoms with Crippen molar-refractivity contribution >= 4 is 16.7 Å². The highest BCUT2D eigenvalue weighted by Gasteiger charge is 2.16. The molecule has 3 heterocycles. The van der Waals surface area contributed by atoms with E-state index in [-0.39, 0.29) is 0 Å². The van der Waals surface area contributed by atoms with Crippen molar-refractivity contribution < 1.29 is 0 Å². The number of likely N-dealkylation sites (N-methyl/N-ethyl adjacent to an activating group) is 1. The molecule has 1 fully saturated rings. The van der Waals surface area contributed by atoms with Gasteiger partial charge in [0.2, 0.25) is 0 Å². The summed E-state index contributed by atoms with van der Waals surface area (Å²) in [5, 5.41) is 10.1. The Morgan fingerprint density at radius 2 is 1.83 bits per heavy atom. The molecular weight excluding hydrogens is 286 g/mol. The zero-order valence-electron chi connectivity index (χ0n) is 13.6. The van der Waals surface area contributed by atoms with Crippen molar-refractivity contribution in [2.24, 2.45) is 0 Å². The molecule has 5 heteroatoms. The number of anilines is 1. The van der Waals surface area contributed by atoms with Crippen LogP contribution in [0.25, 0.3) is 22.2 Å². The Hall–Kier alpha value is -2.40. The van der Waals surface area contributed by atoms with Gasteiger partial charge in [0, 0.05) is 48.8 Å². The van der Waals surface area contributed by atoms with Crippen LogP contribution in [-0.4, -0.2) is 53.3 Å². The number of piperazine rings is 1. The molecule has 0 radical (unpaired) electrons. The molecule has 2 aromatic heterocycles. The Morgan fingerprint density at radius 1 is 1.00 bits per heavy atom. The first-order valence-corrected chi connectivity index (χ1v) is 8.06. The van der Waals surface area contributed by atoms with Gasteiger partial charge in [-0.05, 0) is 31.7 Å². The molecule has 3 aromatic rings. The molecule has 0 bridgehead atoms. The number of benzene rings is 1. The van der Waals surface area contributed by atoms with Crippen molar-refractivity contribution in [1.82, 2.24) is 20.1 Å². The highest BCUT2D eigenvalue weighted by atomic mass is 15.3. The van der Waals surface area contributed by atoms with Gasteiger partial charge in [-0.15, -0.1) is 10.2 Å². The van der Waals surface area contributed by atoms with E-state index in [0.717, 1.165) is 43.3 Å². The van der Waals surface area contributed by atoms with Crippen molar-refractivity contribution in [1.29, 1.82) is 0 Å². The summed E-state index contributed by atoms with van der Waals surface area (Å²) < 4.78 is 0. The Kier molecular flexibility index (Phi) is 3.50. The number of rotatable bonds is 2. The van der Waals surface area contributed by atoms with Crippen LogP contribution in [0.2, 0.25) is 0 Å². The summed E-state index contributed by atoms with van der Waals surface area (Å²) >= 11 is 0. The Labute approximate surface area is 135 Å². The number of fused-ring (bicyclic) bond motifs is 1. The summed E-state index contributed by atoms with van der Waals surface area (Å²) in [5.41, 5.74) is 4.45. The number of para-hydroxylation sites is 1. The van der Waals surface area contributed by atoms with Gasteiger partial charge in [0.25, 0.3) is 0 Å². The third-order valence-electron chi connectivity index (χ3n) is 4.68. The Morgan fingerprint density at radius 3 is 2.57 bits per heavy atom. The largest absolute Gasteiger partial charge is 0.360 e. The predicted octanol–water partition coefficient (Wildman–Crippen LogP) is 2.69. The summed E-state index contributed by atoms with van der Waals surface area (Å²) in [6.07, 6.45) is 2.03. The number of H-pyrrole nitrogens is 1. The highest BCUT2D eigenvalue weighted by Crippen LogP contribution is 2.29. The summed E-state index contributed by atoms with van der Waals surface area (Å²) in [6.45, 7) is 6.29. The highest BCUT2D eigenvalue weighted by molar-refractivity contribution is 5.96. The predicted molar refractivity (Wildman–Crippen MR) is 93.8 cm³/mol. The fourth-order valence-corrected chi connectivity index (χ4v) is 3.19. The van der Waals surface area contributed by atoms with Gasteiger partial charge < -0.3 is 14.8 Å². The Bertz CT molecular complexity index is 813. The molecule has 23 heavy (non-hydrogen) atoms. The van der Waals surface area contributed by atoms with Gasteiger partial charge >= 0.3 is 0 Å².